The lowest BCUT2D eigenvalue weighted by Crippen LogP contribution is -2.30. The number of benzene rings is 2. The lowest BCUT2D eigenvalue weighted by atomic mass is 9.98. The van der Waals surface area contributed by atoms with Crippen LogP contribution in [0.3, 0.4) is 0 Å². The number of aliphatic hydroxyl groups excluding tert-OH is 1. The summed E-state index contributed by atoms with van der Waals surface area (Å²) in [5.41, 5.74) is 2.57. The van der Waals surface area contributed by atoms with Crippen molar-refractivity contribution in [2.75, 3.05) is 18.1 Å². The Morgan fingerprint density at radius 1 is 1.03 bits per heavy atom. The highest BCUT2D eigenvalue weighted by Gasteiger charge is 2.49. The molecule has 1 aromatic heterocycles. The summed E-state index contributed by atoms with van der Waals surface area (Å²) in [7, 11) is 0. The zero-order valence-electron chi connectivity index (χ0n) is 19.6. The Kier molecular flexibility index (Phi) is 6.45. The third kappa shape index (κ3) is 4.05. The molecule has 4 rings (SSSR count). The third-order valence-electron chi connectivity index (χ3n) is 5.70. The quantitative estimate of drug-likeness (QED) is 0.291. The Hall–Kier alpha value is -4.00. The van der Waals surface area contributed by atoms with E-state index in [0.717, 1.165) is 11.1 Å². The van der Waals surface area contributed by atoms with E-state index in [0.29, 0.717) is 41.7 Å². The van der Waals surface area contributed by atoms with Gasteiger partial charge in [0.15, 0.2) is 0 Å². The summed E-state index contributed by atoms with van der Waals surface area (Å²) < 4.78 is 16.9. The maximum atomic E-state index is 13.3. The van der Waals surface area contributed by atoms with Crippen molar-refractivity contribution in [1.82, 2.24) is 0 Å². The average Bonchev–Trinajstić information content (AvgIpc) is 3.43. The van der Waals surface area contributed by atoms with Crippen molar-refractivity contribution >= 4 is 23.1 Å². The highest BCUT2D eigenvalue weighted by atomic mass is 16.5. The van der Waals surface area contributed by atoms with Gasteiger partial charge in [-0.15, -0.1) is 0 Å². The van der Waals surface area contributed by atoms with Gasteiger partial charge in [0, 0.05) is 11.8 Å². The highest BCUT2D eigenvalue weighted by Crippen LogP contribution is 2.44. The van der Waals surface area contributed by atoms with Gasteiger partial charge in [0.25, 0.3) is 11.7 Å². The Labute approximate surface area is 198 Å². The Morgan fingerprint density at radius 3 is 2.47 bits per heavy atom. The normalized spacial score (nSPS) is 17.3. The van der Waals surface area contributed by atoms with Crippen LogP contribution in [0.25, 0.3) is 5.76 Å². The molecule has 0 bridgehead atoms. The standard InChI is InChI=1S/C27H27NO6/c1-5-32-18-11-12-19(22(15-18)33-6-2)25(29)23-24(21-8-7-13-34-21)28(27(31)26(23)30)20-14-16(3)9-10-17(20)4/h7-15,24,29H,5-6H2,1-4H3/b25-23-. The second-order valence-electron chi connectivity index (χ2n) is 8.00. The predicted molar refractivity (Wildman–Crippen MR) is 128 cm³/mol. The molecule has 1 fully saturated rings. The minimum absolute atomic E-state index is 0.0639. The predicted octanol–water partition coefficient (Wildman–Crippen LogP) is 5.32. The van der Waals surface area contributed by atoms with Crippen molar-refractivity contribution in [2.45, 2.75) is 33.7 Å². The number of aryl methyl sites for hydroxylation is 2. The van der Waals surface area contributed by atoms with Gasteiger partial charge < -0.3 is 19.0 Å². The van der Waals surface area contributed by atoms with Gasteiger partial charge in [0.2, 0.25) is 0 Å². The molecule has 0 aliphatic carbocycles. The summed E-state index contributed by atoms with van der Waals surface area (Å²) in [5, 5.41) is 11.4. The number of ketones is 1. The molecule has 176 valence electrons. The number of ether oxygens (including phenoxy) is 2. The van der Waals surface area contributed by atoms with Crippen LogP contribution in [0.1, 0.15) is 42.3 Å². The number of carbonyl (C=O) groups is 2. The molecule has 7 nitrogen and oxygen atoms in total. The van der Waals surface area contributed by atoms with Crippen LogP contribution in [0.4, 0.5) is 5.69 Å². The van der Waals surface area contributed by atoms with Gasteiger partial charge in [0.05, 0.1) is 30.6 Å². The molecule has 34 heavy (non-hydrogen) atoms. The van der Waals surface area contributed by atoms with Crippen LogP contribution in [0, 0.1) is 13.8 Å². The van der Waals surface area contributed by atoms with Gasteiger partial charge in [-0.1, -0.05) is 12.1 Å². The van der Waals surface area contributed by atoms with Crippen molar-refractivity contribution in [3.63, 3.8) is 0 Å². The van der Waals surface area contributed by atoms with Gasteiger partial charge in [0.1, 0.15) is 29.1 Å². The summed E-state index contributed by atoms with van der Waals surface area (Å²) in [4.78, 5) is 28.0. The highest BCUT2D eigenvalue weighted by molar-refractivity contribution is 6.51. The first-order chi connectivity index (χ1) is 16.4. The summed E-state index contributed by atoms with van der Waals surface area (Å²) in [6.07, 6.45) is 1.47. The number of aliphatic hydroxyl groups is 1. The summed E-state index contributed by atoms with van der Waals surface area (Å²) in [6.45, 7) is 8.28. The molecule has 7 heteroatoms. The monoisotopic (exact) mass is 461 g/mol. The van der Waals surface area contributed by atoms with E-state index in [1.54, 1.807) is 30.3 Å². The van der Waals surface area contributed by atoms with Crippen LogP contribution in [-0.2, 0) is 9.59 Å². The van der Waals surface area contributed by atoms with Gasteiger partial charge >= 0.3 is 0 Å². The third-order valence-corrected chi connectivity index (χ3v) is 5.70. The van der Waals surface area contributed by atoms with Crippen LogP contribution < -0.4 is 14.4 Å². The van der Waals surface area contributed by atoms with E-state index < -0.39 is 17.7 Å². The van der Waals surface area contributed by atoms with Crippen molar-refractivity contribution in [3.05, 3.63) is 82.8 Å². The van der Waals surface area contributed by atoms with Gasteiger partial charge in [-0.3, -0.25) is 14.5 Å². The van der Waals surface area contributed by atoms with E-state index in [-0.39, 0.29) is 11.3 Å². The lowest BCUT2D eigenvalue weighted by molar-refractivity contribution is -0.132. The Morgan fingerprint density at radius 2 is 1.79 bits per heavy atom. The molecule has 1 saturated heterocycles. The van der Waals surface area contributed by atoms with Crippen LogP contribution in [0.15, 0.2) is 64.8 Å². The smallest absolute Gasteiger partial charge is 0.300 e. The summed E-state index contributed by atoms with van der Waals surface area (Å²) in [6, 6.07) is 13.1. The SMILES string of the molecule is CCOc1ccc(/C(O)=C2/C(=O)C(=O)N(c3cc(C)ccc3C)C2c2ccco2)c(OCC)c1. The van der Waals surface area contributed by atoms with Gasteiger partial charge in [-0.05, 0) is 69.2 Å². The number of Topliss-reactive ketones (excluding diaryl/α,β-unsaturated/α-hetero) is 1. The van der Waals surface area contributed by atoms with E-state index >= 15 is 0 Å². The molecule has 1 aliphatic heterocycles. The molecule has 1 aliphatic rings. The number of carbonyl (C=O) groups excluding carboxylic acids is 2. The minimum atomic E-state index is -0.934. The molecule has 1 atom stereocenters. The maximum absolute atomic E-state index is 13.3. The first-order valence-corrected chi connectivity index (χ1v) is 11.2. The molecule has 0 radical (unpaired) electrons. The van der Waals surface area contributed by atoms with E-state index in [4.69, 9.17) is 13.9 Å². The molecule has 1 amide bonds. The van der Waals surface area contributed by atoms with E-state index in [1.807, 2.05) is 45.9 Å². The number of rotatable bonds is 7. The first-order valence-electron chi connectivity index (χ1n) is 11.2. The second-order valence-corrected chi connectivity index (χ2v) is 8.00. The maximum Gasteiger partial charge on any atom is 0.300 e. The molecule has 2 aromatic carbocycles. The van der Waals surface area contributed by atoms with Crippen LogP contribution in [0.5, 0.6) is 11.5 Å². The summed E-state index contributed by atoms with van der Waals surface area (Å²) in [5.74, 6) is -0.579. The van der Waals surface area contributed by atoms with E-state index in [2.05, 4.69) is 0 Å². The van der Waals surface area contributed by atoms with Gasteiger partial charge in [-0.2, -0.15) is 0 Å². The second kappa shape index (κ2) is 9.47. The molecular formula is C27H27NO6. The molecule has 0 saturated carbocycles. The molecular weight excluding hydrogens is 434 g/mol. The number of hydrogen-bond donors (Lipinski definition) is 1. The van der Waals surface area contributed by atoms with E-state index in [9.17, 15) is 14.7 Å². The molecule has 2 heterocycles. The van der Waals surface area contributed by atoms with Crippen LogP contribution in [-0.4, -0.2) is 30.0 Å². The number of anilines is 1. The summed E-state index contributed by atoms with van der Waals surface area (Å²) >= 11 is 0. The fourth-order valence-electron chi connectivity index (χ4n) is 4.15. The molecule has 1 unspecified atom stereocenters. The zero-order chi connectivity index (χ0) is 24.4. The molecule has 1 N–H and O–H groups in total. The topological polar surface area (TPSA) is 89.2 Å². The molecule has 0 spiro atoms. The zero-order valence-corrected chi connectivity index (χ0v) is 19.6. The van der Waals surface area contributed by atoms with Gasteiger partial charge in [-0.25, -0.2) is 0 Å². The largest absolute Gasteiger partial charge is 0.507 e. The Balaban J connectivity index is 1.94. The van der Waals surface area contributed by atoms with Crippen molar-refractivity contribution in [1.29, 1.82) is 0 Å². The van der Waals surface area contributed by atoms with Crippen LogP contribution >= 0.6 is 0 Å². The first kappa shape index (κ1) is 23.2. The fraction of sp³-hybridized carbons (Fsp3) is 0.259. The average molecular weight is 462 g/mol. The van der Waals surface area contributed by atoms with Crippen LogP contribution in [0.2, 0.25) is 0 Å². The van der Waals surface area contributed by atoms with E-state index in [1.165, 1.54) is 11.2 Å². The van der Waals surface area contributed by atoms with Crippen molar-refractivity contribution in [2.24, 2.45) is 0 Å². The number of hydrogen-bond acceptors (Lipinski definition) is 6. The van der Waals surface area contributed by atoms with Crippen molar-refractivity contribution < 1.29 is 28.6 Å². The Bertz CT molecular complexity index is 1260. The number of nitrogens with zero attached hydrogens (tertiary/aromatic N) is 1. The lowest BCUT2D eigenvalue weighted by Gasteiger charge is -2.25. The number of amides is 1. The van der Waals surface area contributed by atoms with Crippen molar-refractivity contribution in [3.8, 4) is 11.5 Å². The minimum Gasteiger partial charge on any atom is -0.507 e. The molecule has 3 aromatic rings. The fourth-order valence-corrected chi connectivity index (χ4v) is 4.15. The number of furan rings is 1.